The van der Waals surface area contributed by atoms with E-state index in [0.717, 1.165) is 0 Å². The lowest BCUT2D eigenvalue weighted by Crippen LogP contribution is -2.14. The topological polar surface area (TPSA) is 59.1 Å². The fourth-order valence-corrected chi connectivity index (χ4v) is 1.61. The number of hydrogen-bond donors (Lipinski definition) is 2. The number of hydrogen-bond acceptors (Lipinski definition) is 2. The number of nitrogens with two attached hydrogens (primary N) is 1. The molecule has 18 heavy (non-hydrogen) atoms. The lowest BCUT2D eigenvalue weighted by molar-refractivity contribution is 0.475. The maximum absolute atomic E-state index is 13.5. The molecule has 0 aliphatic heterocycles. The van der Waals surface area contributed by atoms with Crippen LogP contribution in [0.1, 0.15) is 5.56 Å². The van der Waals surface area contributed by atoms with Crippen LogP contribution < -0.4 is 10.5 Å². The molecule has 0 atom stereocenters. The van der Waals surface area contributed by atoms with Gasteiger partial charge < -0.3 is 10.5 Å². The predicted molar refractivity (Wildman–Crippen MR) is 68.9 cm³/mol. The van der Waals surface area contributed by atoms with Crippen LogP contribution in [0.5, 0.6) is 11.5 Å². The zero-order valence-corrected chi connectivity index (χ0v) is 10.0. The second-order valence-corrected chi connectivity index (χ2v) is 4.02. The number of benzene rings is 2. The van der Waals surface area contributed by atoms with Gasteiger partial charge in [-0.3, -0.25) is 5.41 Å². The third-order valence-electron chi connectivity index (χ3n) is 2.29. The Morgan fingerprint density at radius 3 is 2.44 bits per heavy atom. The minimum absolute atomic E-state index is 0.0487. The lowest BCUT2D eigenvalue weighted by atomic mass is 10.1. The standard InChI is InChI=1S/C13H10ClFN2O/c14-8-4-6-9(7-5-8)18-11-3-1-2-10(15)12(11)13(16)17/h1-7H,(H3,16,17). The molecule has 92 valence electrons. The fraction of sp³-hybridized carbons (Fsp3) is 0. The van der Waals surface area contributed by atoms with Crippen LogP contribution in [-0.4, -0.2) is 5.84 Å². The number of rotatable bonds is 3. The minimum Gasteiger partial charge on any atom is -0.456 e. The highest BCUT2D eigenvalue weighted by atomic mass is 35.5. The molecule has 0 fully saturated rings. The van der Waals surface area contributed by atoms with Crippen molar-refractivity contribution < 1.29 is 9.13 Å². The van der Waals surface area contributed by atoms with Gasteiger partial charge in [0, 0.05) is 5.02 Å². The van der Waals surface area contributed by atoms with E-state index in [1.54, 1.807) is 30.3 Å². The number of nitrogens with one attached hydrogen (secondary N) is 1. The van der Waals surface area contributed by atoms with Crippen LogP contribution in [0, 0.1) is 11.2 Å². The number of halogens is 2. The summed E-state index contributed by atoms with van der Waals surface area (Å²) in [6.45, 7) is 0. The van der Waals surface area contributed by atoms with Crippen molar-refractivity contribution in [1.29, 1.82) is 5.41 Å². The normalized spacial score (nSPS) is 10.1. The van der Waals surface area contributed by atoms with Gasteiger partial charge in [0.1, 0.15) is 23.2 Å². The van der Waals surface area contributed by atoms with Crippen LogP contribution in [0.3, 0.4) is 0 Å². The smallest absolute Gasteiger partial charge is 0.141 e. The van der Waals surface area contributed by atoms with Gasteiger partial charge in [0.25, 0.3) is 0 Å². The van der Waals surface area contributed by atoms with Crippen molar-refractivity contribution in [3.63, 3.8) is 0 Å². The van der Waals surface area contributed by atoms with Crippen LogP contribution in [0.2, 0.25) is 5.02 Å². The van der Waals surface area contributed by atoms with Crippen molar-refractivity contribution in [3.8, 4) is 11.5 Å². The van der Waals surface area contributed by atoms with Crippen molar-refractivity contribution >= 4 is 17.4 Å². The zero-order chi connectivity index (χ0) is 13.1. The van der Waals surface area contributed by atoms with E-state index in [2.05, 4.69) is 0 Å². The Labute approximate surface area is 108 Å². The highest BCUT2D eigenvalue weighted by Gasteiger charge is 2.13. The molecule has 0 radical (unpaired) electrons. The molecule has 5 heteroatoms. The summed E-state index contributed by atoms with van der Waals surface area (Å²) in [5.74, 6) is -0.275. The molecule has 0 amide bonds. The highest BCUT2D eigenvalue weighted by Crippen LogP contribution is 2.27. The predicted octanol–water partition coefficient (Wildman–Crippen LogP) is 3.56. The van der Waals surface area contributed by atoms with Gasteiger partial charge in [-0.25, -0.2) is 4.39 Å². The molecule has 3 N–H and O–H groups in total. The molecule has 2 aromatic carbocycles. The third-order valence-corrected chi connectivity index (χ3v) is 2.54. The van der Waals surface area contributed by atoms with Crippen molar-refractivity contribution in [2.24, 2.45) is 5.73 Å². The first-order valence-corrected chi connectivity index (χ1v) is 5.52. The van der Waals surface area contributed by atoms with Crippen LogP contribution >= 0.6 is 11.6 Å². The molecular weight excluding hydrogens is 255 g/mol. The third kappa shape index (κ3) is 2.60. The molecule has 0 aliphatic rings. The molecule has 0 spiro atoms. The van der Waals surface area contributed by atoms with E-state index in [0.29, 0.717) is 10.8 Å². The van der Waals surface area contributed by atoms with Gasteiger partial charge in [-0.1, -0.05) is 17.7 Å². The van der Waals surface area contributed by atoms with Crippen molar-refractivity contribution in [2.75, 3.05) is 0 Å². The maximum Gasteiger partial charge on any atom is 0.141 e. The van der Waals surface area contributed by atoms with E-state index in [1.807, 2.05) is 0 Å². The Hall–Kier alpha value is -2.07. The number of nitrogen functional groups attached to an aromatic ring is 1. The summed E-state index contributed by atoms with van der Waals surface area (Å²) in [5, 5.41) is 7.93. The first-order chi connectivity index (χ1) is 8.58. The van der Waals surface area contributed by atoms with E-state index in [-0.39, 0.29) is 17.1 Å². The van der Waals surface area contributed by atoms with E-state index in [1.165, 1.54) is 12.1 Å². The lowest BCUT2D eigenvalue weighted by Gasteiger charge is -2.10. The Morgan fingerprint density at radius 2 is 1.83 bits per heavy atom. The average molecular weight is 265 g/mol. The highest BCUT2D eigenvalue weighted by molar-refractivity contribution is 6.30. The molecule has 0 aromatic heterocycles. The maximum atomic E-state index is 13.5. The van der Waals surface area contributed by atoms with Gasteiger partial charge in [0.05, 0.1) is 5.56 Å². The minimum atomic E-state index is -0.589. The largest absolute Gasteiger partial charge is 0.456 e. The van der Waals surface area contributed by atoms with E-state index in [9.17, 15) is 4.39 Å². The van der Waals surface area contributed by atoms with Gasteiger partial charge in [0.2, 0.25) is 0 Å². The molecule has 3 nitrogen and oxygen atoms in total. The second kappa shape index (κ2) is 5.06. The Kier molecular flexibility index (Phi) is 3.48. The molecule has 0 heterocycles. The Morgan fingerprint density at radius 1 is 1.17 bits per heavy atom. The van der Waals surface area contributed by atoms with Crippen LogP contribution in [0.25, 0.3) is 0 Å². The summed E-state index contributed by atoms with van der Waals surface area (Å²) in [6.07, 6.45) is 0. The second-order valence-electron chi connectivity index (χ2n) is 3.58. The molecule has 0 unspecified atom stereocenters. The van der Waals surface area contributed by atoms with Crippen molar-refractivity contribution in [1.82, 2.24) is 0 Å². The first-order valence-electron chi connectivity index (χ1n) is 5.14. The van der Waals surface area contributed by atoms with Crippen LogP contribution in [0.15, 0.2) is 42.5 Å². The van der Waals surface area contributed by atoms with Gasteiger partial charge in [-0.15, -0.1) is 0 Å². The van der Waals surface area contributed by atoms with Gasteiger partial charge in [0.15, 0.2) is 0 Å². The van der Waals surface area contributed by atoms with Crippen molar-refractivity contribution in [2.45, 2.75) is 0 Å². The summed E-state index contributed by atoms with van der Waals surface area (Å²) >= 11 is 5.75. The Bertz CT molecular complexity index is 584. The number of amidine groups is 1. The van der Waals surface area contributed by atoms with Crippen LogP contribution in [0.4, 0.5) is 4.39 Å². The fourth-order valence-electron chi connectivity index (χ4n) is 1.48. The van der Waals surface area contributed by atoms with E-state index < -0.39 is 5.82 Å². The quantitative estimate of drug-likeness (QED) is 0.658. The first kappa shape index (κ1) is 12.4. The zero-order valence-electron chi connectivity index (χ0n) is 9.28. The summed E-state index contributed by atoms with van der Waals surface area (Å²) in [6, 6.07) is 10.9. The molecule has 0 aliphatic carbocycles. The monoisotopic (exact) mass is 264 g/mol. The Balaban J connectivity index is 2.37. The molecular formula is C13H10ClFN2O. The molecule has 2 rings (SSSR count). The van der Waals surface area contributed by atoms with Gasteiger partial charge in [-0.05, 0) is 36.4 Å². The SMILES string of the molecule is N=C(N)c1c(F)cccc1Oc1ccc(Cl)cc1. The van der Waals surface area contributed by atoms with E-state index >= 15 is 0 Å². The molecule has 0 saturated carbocycles. The molecule has 0 bridgehead atoms. The van der Waals surface area contributed by atoms with Gasteiger partial charge in [-0.2, -0.15) is 0 Å². The summed E-state index contributed by atoms with van der Waals surface area (Å²) in [7, 11) is 0. The summed E-state index contributed by atoms with van der Waals surface area (Å²) < 4.78 is 19.0. The van der Waals surface area contributed by atoms with Gasteiger partial charge >= 0.3 is 0 Å². The van der Waals surface area contributed by atoms with Crippen molar-refractivity contribution in [3.05, 3.63) is 58.9 Å². The van der Waals surface area contributed by atoms with Crippen LogP contribution in [-0.2, 0) is 0 Å². The number of ether oxygens (including phenoxy) is 1. The molecule has 2 aromatic rings. The summed E-state index contributed by atoms with van der Waals surface area (Å²) in [4.78, 5) is 0. The summed E-state index contributed by atoms with van der Waals surface area (Å²) in [5.41, 5.74) is 5.29. The van der Waals surface area contributed by atoms with E-state index in [4.69, 9.17) is 27.5 Å². The molecule has 0 saturated heterocycles. The average Bonchev–Trinajstić information content (AvgIpc) is 2.32.